The van der Waals surface area contributed by atoms with Gasteiger partial charge in [-0.25, -0.2) is 0 Å². The summed E-state index contributed by atoms with van der Waals surface area (Å²) in [4.78, 5) is 16.9. The van der Waals surface area contributed by atoms with Gasteiger partial charge >= 0.3 is 0 Å². The zero-order chi connectivity index (χ0) is 14.7. The fourth-order valence-corrected chi connectivity index (χ4v) is 2.63. The summed E-state index contributed by atoms with van der Waals surface area (Å²) in [6.45, 7) is 4.56. The van der Waals surface area contributed by atoms with E-state index in [1.165, 1.54) is 0 Å². The molecule has 1 aromatic carbocycles. The average Bonchev–Trinajstić information content (AvgIpc) is 3.04. The fraction of sp³-hybridized carbons (Fsp3) is 0.353. The minimum Gasteiger partial charge on any atom is -0.324 e. The molecule has 0 bridgehead atoms. The molecule has 1 aliphatic rings. The molecule has 0 unspecified atom stereocenters. The normalized spacial score (nSPS) is 17.0. The summed E-state index contributed by atoms with van der Waals surface area (Å²) in [7, 11) is 2.12. The van der Waals surface area contributed by atoms with E-state index < -0.39 is 0 Å². The number of Topliss-reactive ketones (excluding diaryl/α,β-unsaturated/α-hetero) is 1. The molecular formula is C17H21N3O. The van der Waals surface area contributed by atoms with E-state index in [2.05, 4.69) is 16.8 Å². The van der Waals surface area contributed by atoms with Gasteiger partial charge in [0, 0.05) is 49.8 Å². The molecule has 1 fully saturated rings. The number of likely N-dealkylation sites (N-methyl/N-ethyl adjacent to an activating group) is 1. The monoisotopic (exact) mass is 283 g/mol. The number of benzene rings is 1. The van der Waals surface area contributed by atoms with Crippen molar-refractivity contribution < 1.29 is 4.79 Å². The van der Waals surface area contributed by atoms with Crippen LogP contribution >= 0.6 is 0 Å². The first kappa shape index (κ1) is 14.0. The van der Waals surface area contributed by atoms with Gasteiger partial charge in [0.1, 0.15) is 0 Å². The Bertz CT molecular complexity index is 581. The number of piperazine rings is 1. The lowest BCUT2D eigenvalue weighted by molar-refractivity contribution is 0.0876. The van der Waals surface area contributed by atoms with Crippen molar-refractivity contribution in [3.63, 3.8) is 0 Å². The third kappa shape index (κ3) is 3.40. The number of aromatic nitrogens is 1. The summed E-state index contributed by atoms with van der Waals surface area (Å²) in [6, 6.07) is 11.8. The average molecular weight is 283 g/mol. The molecule has 4 heteroatoms. The van der Waals surface area contributed by atoms with Crippen molar-refractivity contribution in [1.82, 2.24) is 14.4 Å². The molecule has 21 heavy (non-hydrogen) atoms. The van der Waals surface area contributed by atoms with E-state index in [1.807, 2.05) is 53.4 Å². The van der Waals surface area contributed by atoms with Crippen LogP contribution in [-0.2, 0) is 0 Å². The van der Waals surface area contributed by atoms with Crippen molar-refractivity contribution in [1.29, 1.82) is 0 Å². The van der Waals surface area contributed by atoms with E-state index in [-0.39, 0.29) is 5.78 Å². The summed E-state index contributed by atoms with van der Waals surface area (Å²) < 4.78 is 2.04. The third-order valence-electron chi connectivity index (χ3n) is 4.05. The minimum absolute atomic E-state index is 0.207. The molecule has 1 saturated heterocycles. The van der Waals surface area contributed by atoms with Gasteiger partial charge in [-0.15, -0.1) is 0 Å². The third-order valence-corrected chi connectivity index (χ3v) is 4.05. The van der Waals surface area contributed by atoms with E-state index in [0.29, 0.717) is 6.54 Å². The van der Waals surface area contributed by atoms with Crippen LogP contribution in [0.3, 0.4) is 0 Å². The molecular weight excluding hydrogens is 262 g/mol. The summed E-state index contributed by atoms with van der Waals surface area (Å²) in [6.07, 6.45) is 4.00. The van der Waals surface area contributed by atoms with E-state index in [9.17, 15) is 4.79 Å². The molecule has 110 valence electrons. The number of carbonyl (C=O) groups is 1. The molecule has 0 aliphatic carbocycles. The van der Waals surface area contributed by atoms with Crippen LogP contribution in [0.4, 0.5) is 0 Å². The van der Waals surface area contributed by atoms with Crippen LogP contribution < -0.4 is 0 Å². The van der Waals surface area contributed by atoms with E-state index in [1.54, 1.807) is 0 Å². The Morgan fingerprint density at radius 1 is 1.00 bits per heavy atom. The first-order chi connectivity index (χ1) is 10.2. The lowest BCUT2D eigenvalue weighted by atomic mass is 10.1. The zero-order valence-corrected chi connectivity index (χ0v) is 12.4. The molecule has 1 aliphatic heterocycles. The Labute approximate surface area is 125 Å². The van der Waals surface area contributed by atoms with Crippen LogP contribution in [0.15, 0.2) is 48.8 Å². The van der Waals surface area contributed by atoms with Gasteiger partial charge in [-0.1, -0.05) is 0 Å². The van der Waals surface area contributed by atoms with Gasteiger partial charge in [-0.05, 0) is 43.4 Å². The maximum Gasteiger partial charge on any atom is 0.176 e. The molecule has 1 aromatic heterocycles. The van der Waals surface area contributed by atoms with Crippen LogP contribution in [0.2, 0.25) is 0 Å². The number of rotatable bonds is 4. The molecule has 0 radical (unpaired) electrons. The maximum atomic E-state index is 12.3. The summed E-state index contributed by atoms with van der Waals surface area (Å²) in [5, 5.41) is 0. The predicted octanol–water partition coefficient (Wildman–Crippen LogP) is 1.91. The van der Waals surface area contributed by atoms with Crippen LogP contribution in [-0.4, -0.2) is 59.9 Å². The number of ketones is 1. The highest BCUT2D eigenvalue weighted by atomic mass is 16.1. The van der Waals surface area contributed by atoms with E-state index in [0.717, 1.165) is 37.4 Å². The highest BCUT2D eigenvalue weighted by molar-refractivity contribution is 5.97. The van der Waals surface area contributed by atoms with Gasteiger partial charge in [0.2, 0.25) is 0 Å². The van der Waals surface area contributed by atoms with Gasteiger partial charge in [0.05, 0.1) is 6.54 Å². The van der Waals surface area contributed by atoms with Crippen LogP contribution in [0.1, 0.15) is 10.4 Å². The standard InChI is InChI=1S/C17H21N3O/c1-18-10-12-19(13-11-18)14-17(21)15-4-6-16(7-5-15)20-8-2-3-9-20/h2-9H,10-14H2,1H3. The maximum absolute atomic E-state index is 12.3. The second-order valence-electron chi connectivity index (χ2n) is 5.64. The summed E-state index contributed by atoms with van der Waals surface area (Å²) >= 11 is 0. The van der Waals surface area contributed by atoms with Gasteiger partial charge in [-0.3, -0.25) is 9.69 Å². The number of nitrogens with zero attached hydrogens (tertiary/aromatic N) is 3. The van der Waals surface area contributed by atoms with E-state index in [4.69, 9.17) is 0 Å². The molecule has 0 atom stereocenters. The molecule has 0 spiro atoms. The number of hydrogen-bond donors (Lipinski definition) is 0. The topological polar surface area (TPSA) is 28.5 Å². The number of carbonyl (C=O) groups excluding carboxylic acids is 1. The van der Waals surface area contributed by atoms with Crippen LogP contribution in [0.5, 0.6) is 0 Å². The van der Waals surface area contributed by atoms with Gasteiger partial charge in [0.25, 0.3) is 0 Å². The second-order valence-corrected chi connectivity index (χ2v) is 5.64. The van der Waals surface area contributed by atoms with Gasteiger partial charge < -0.3 is 9.47 Å². The molecule has 0 amide bonds. The van der Waals surface area contributed by atoms with E-state index >= 15 is 0 Å². The van der Waals surface area contributed by atoms with Crippen LogP contribution in [0, 0.1) is 0 Å². The molecule has 4 nitrogen and oxygen atoms in total. The largest absolute Gasteiger partial charge is 0.324 e. The zero-order valence-electron chi connectivity index (χ0n) is 12.4. The van der Waals surface area contributed by atoms with Gasteiger partial charge in [0.15, 0.2) is 5.78 Å². The smallest absolute Gasteiger partial charge is 0.176 e. The SMILES string of the molecule is CN1CCN(CC(=O)c2ccc(-n3cccc3)cc2)CC1. The van der Waals surface area contributed by atoms with Crippen molar-refractivity contribution in [2.24, 2.45) is 0 Å². The Morgan fingerprint density at radius 2 is 1.62 bits per heavy atom. The van der Waals surface area contributed by atoms with Crippen molar-refractivity contribution in [2.75, 3.05) is 39.8 Å². The lowest BCUT2D eigenvalue weighted by Crippen LogP contribution is -2.46. The highest BCUT2D eigenvalue weighted by Crippen LogP contribution is 2.11. The van der Waals surface area contributed by atoms with Crippen LogP contribution in [0.25, 0.3) is 5.69 Å². The fourth-order valence-electron chi connectivity index (χ4n) is 2.63. The Morgan fingerprint density at radius 3 is 2.24 bits per heavy atom. The Balaban J connectivity index is 1.62. The first-order valence-corrected chi connectivity index (χ1v) is 7.40. The highest BCUT2D eigenvalue weighted by Gasteiger charge is 2.17. The second kappa shape index (κ2) is 6.24. The molecule has 3 rings (SSSR count). The molecule has 2 heterocycles. The van der Waals surface area contributed by atoms with Crippen molar-refractivity contribution >= 4 is 5.78 Å². The summed E-state index contributed by atoms with van der Waals surface area (Å²) in [5.41, 5.74) is 1.88. The van der Waals surface area contributed by atoms with Gasteiger partial charge in [-0.2, -0.15) is 0 Å². The minimum atomic E-state index is 0.207. The first-order valence-electron chi connectivity index (χ1n) is 7.40. The van der Waals surface area contributed by atoms with Crippen molar-refractivity contribution in [3.8, 4) is 5.69 Å². The van der Waals surface area contributed by atoms with Crippen molar-refractivity contribution in [3.05, 3.63) is 54.4 Å². The Hall–Kier alpha value is -1.91. The van der Waals surface area contributed by atoms with Crippen molar-refractivity contribution in [2.45, 2.75) is 0 Å². The molecule has 0 saturated carbocycles. The predicted molar refractivity (Wildman–Crippen MR) is 84.0 cm³/mol. The summed E-state index contributed by atoms with van der Waals surface area (Å²) in [5.74, 6) is 0.207. The molecule has 2 aromatic rings. The lowest BCUT2D eigenvalue weighted by Gasteiger charge is -2.31. The molecule has 0 N–H and O–H groups in total. The Kier molecular flexibility index (Phi) is 4.18. The number of hydrogen-bond acceptors (Lipinski definition) is 3. The quantitative estimate of drug-likeness (QED) is 0.803.